The molecule has 1 saturated heterocycles. The smallest absolute Gasteiger partial charge is 0.340 e. The number of hydrogen-bond donors (Lipinski definition) is 15. The van der Waals surface area contributed by atoms with Crippen molar-refractivity contribution >= 4 is 29.8 Å². The maximum Gasteiger partial charge on any atom is 0.340 e. The van der Waals surface area contributed by atoms with Gasteiger partial charge >= 0.3 is 29.8 Å². The molecule has 5 atom stereocenters. The van der Waals surface area contributed by atoms with Crippen LogP contribution in [0.4, 0.5) is 0 Å². The van der Waals surface area contributed by atoms with Gasteiger partial charge in [0, 0.05) is 0 Å². The van der Waals surface area contributed by atoms with Crippen LogP contribution >= 0.6 is 0 Å². The fourth-order valence-electron chi connectivity index (χ4n) is 6.11. The Kier molecular flexibility index (Phi) is 12.8. The molecule has 15 N–H and O–H groups in total. The van der Waals surface area contributed by atoms with Gasteiger partial charge in [-0.2, -0.15) is 0 Å². The van der Waals surface area contributed by atoms with Crippen LogP contribution in [0.25, 0.3) is 0 Å². The Morgan fingerprint density at radius 2 is 0.582 bits per heavy atom. The maximum absolute atomic E-state index is 13.9. The van der Waals surface area contributed by atoms with E-state index in [2.05, 4.69) is 0 Å². The van der Waals surface area contributed by atoms with E-state index in [0.29, 0.717) is 60.7 Å². The van der Waals surface area contributed by atoms with Gasteiger partial charge in [0.15, 0.2) is 98.5 Å². The molecular weight excluding hydrogens is 908 g/mol. The van der Waals surface area contributed by atoms with Gasteiger partial charge in [-0.15, -0.1) is 0 Å². The quantitative estimate of drug-likeness (QED) is 0.0509. The molecule has 26 heteroatoms. The van der Waals surface area contributed by atoms with Crippen LogP contribution in [-0.2, 0) is 28.4 Å². The minimum atomic E-state index is -2.56. The van der Waals surface area contributed by atoms with Crippen LogP contribution in [-0.4, -0.2) is 144 Å². The molecule has 1 aliphatic rings. The number of esters is 5. The summed E-state index contributed by atoms with van der Waals surface area (Å²) in [5.41, 5.74) is -3.88. The third kappa shape index (κ3) is 9.67. The number of rotatable bonds is 11. The van der Waals surface area contributed by atoms with Crippen molar-refractivity contribution in [3.8, 4) is 86.2 Å². The number of carbonyl (C=O) groups excluding carboxylic acids is 5. The van der Waals surface area contributed by atoms with E-state index in [0.717, 1.165) is 0 Å². The molecule has 0 aliphatic carbocycles. The van der Waals surface area contributed by atoms with Gasteiger partial charge in [0.1, 0.15) is 12.7 Å². The lowest BCUT2D eigenvalue weighted by atomic mass is 9.97. The summed E-state index contributed by atoms with van der Waals surface area (Å²) in [6.45, 7) is -1.25. The number of carbonyl (C=O) groups is 5. The van der Waals surface area contributed by atoms with E-state index in [9.17, 15) is 101 Å². The molecule has 0 aromatic heterocycles. The zero-order chi connectivity index (χ0) is 49.3. The molecule has 6 rings (SSSR count). The SMILES string of the molecule is O=C(OCC1O[C@@H](OC(=O)c2cc(O)c(O)c(O)c2)[C@@H](OC(=O)c2cc(O)c(O)c(O)c2)C(OC(=O)c2cc(O)c(O)c(O)c2)[C@@H]1OC(=O)c1cc(O)c(O)c(O)c1)c1cc(O)c(O)c(O)c1. The summed E-state index contributed by atoms with van der Waals surface area (Å²) in [5.74, 6) is -24.5. The third-order valence-corrected chi connectivity index (χ3v) is 9.45. The molecule has 1 heterocycles. The molecule has 2 unspecified atom stereocenters. The Hall–Kier alpha value is -9.59. The summed E-state index contributed by atoms with van der Waals surface area (Å²) in [7, 11) is 0. The lowest BCUT2D eigenvalue weighted by Crippen LogP contribution is -2.63. The van der Waals surface area contributed by atoms with Gasteiger partial charge in [-0.3, -0.25) is 0 Å². The average molecular weight is 941 g/mol. The second kappa shape index (κ2) is 18.3. The maximum atomic E-state index is 13.9. The molecule has 0 amide bonds. The molecule has 5 aromatic carbocycles. The predicted octanol–water partition coefficient (Wildman–Crippen LogP) is 1.69. The molecular formula is C41H32O26. The third-order valence-electron chi connectivity index (χ3n) is 9.45. The Bertz CT molecular complexity index is 2720. The highest BCUT2D eigenvalue weighted by Crippen LogP contribution is 2.41. The van der Waals surface area contributed by atoms with Crippen molar-refractivity contribution in [1.82, 2.24) is 0 Å². The Morgan fingerprint density at radius 1 is 0.343 bits per heavy atom. The van der Waals surface area contributed by atoms with Crippen molar-refractivity contribution in [3.63, 3.8) is 0 Å². The highest BCUT2D eigenvalue weighted by Gasteiger charge is 2.55. The molecule has 26 nitrogen and oxygen atoms in total. The zero-order valence-electron chi connectivity index (χ0n) is 33.1. The van der Waals surface area contributed by atoms with Crippen LogP contribution in [0.2, 0.25) is 0 Å². The molecule has 352 valence electrons. The van der Waals surface area contributed by atoms with Crippen molar-refractivity contribution in [2.75, 3.05) is 6.61 Å². The molecule has 0 spiro atoms. The lowest BCUT2D eigenvalue weighted by molar-refractivity contribution is -0.282. The minimum Gasteiger partial charge on any atom is -0.504 e. The number of ether oxygens (including phenoxy) is 6. The second-order valence-electron chi connectivity index (χ2n) is 14.0. The van der Waals surface area contributed by atoms with Crippen molar-refractivity contribution in [1.29, 1.82) is 0 Å². The predicted molar refractivity (Wildman–Crippen MR) is 209 cm³/mol. The first kappa shape index (κ1) is 46.9. The van der Waals surface area contributed by atoms with Crippen LogP contribution in [0.5, 0.6) is 86.2 Å². The summed E-state index contributed by atoms with van der Waals surface area (Å²) in [5, 5.41) is 150. The summed E-state index contributed by atoms with van der Waals surface area (Å²) in [6.07, 6.45) is -12.2. The molecule has 1 fully saturated rings. The first-order chi connectivity index (χ1) is 31.4. The average Bonchev–Trinajstić information content (AvgIpc) is 3.27. The number of benzene rings is 5. The van der Waals surface area contributed by atoms with Crippen molar-refractivity contribution in [3.05, 3.63) is 88.5 Å². The molecule has 5 aromatic rings. The summed E-state index contributed by atoms with van der Waals surface area (Å²) in [4.78, 5) is 68.5. The largest absolute Gasteiger partial charge is 0.504 e. The van der Waals surface area contributed by atoms with Gasteiger partial charge in [0.25, 0.3) is 0 Å². The molecule has 0 saturated carbocycles. The molecule has 0 radical (unpaired) electrons. The van der Waals surface area contributed by atoms with E-state index in [4.69, 9.17) is 28.4 Å². The van der Waals surface area contributed by atoms with Crippen LogP contribution < -0.4 is 0 Å². The molecule has 1 aliphatic heterocycles. The number of hydrogen-bond acceptors (Lipinski definition) is 26. The fraction of sp³-hybridized carbons (Fsp3) is 0.146. The van der Waals surface area contributed by atoms with Gasteiger partial charge in [-0.1, -0.05) is 0 Å². The topological polar surface area (TPSA) is 444 Å². The summed E-state index contributed by atoms with van der Waals surface area (Å²) >= 11 is 0. The fourth-order valence-corrected chi connectivity index (χ4v) is 6.11. The standard InChI is InChI=1S/C41H32O26/c42-17-1-12(2-18(43)28(17)52)36(57)62-11-27-33(64-37(58)13-3-19(44)29(53)20(45)4-13)34(65-38(59)14-5-21(46)30(54)22(47)6-14)35(66-39(60)15-7-23(48)31(55)24(49)8-15)41(63-27)67-40(61)16-9-25(50)32(56)26(51)10-16/h1-10,27,33-35,41-56H,11H2/t27?,33-,34?,35+,41+/m1/s1. The number of phenols is 15. The zero-order valence-corrected chi connectivity index (χ0v) is 33.1. The van der Waals surface area contributed by atoms with Gasteiger partial charge in [-0.05, 0) is 60.7 Å². The lowest BCUT2D eigenvalue weighted by Gasteiger charge is -2.43. The highest BCUT2D eigenvalue weighted by molar-refractivity contribution is 5.94. The van der Waals surface area contributed by atoms with Gasteiger partial charge < -0.3 is 105 Å². The van der Waals surface area contributed by atoms with E-state index >= 15 is 0 Å². The van der Waals surface area contributed by atoms with E-state index in [1.54, 1.807) is 0 Å². The summed E-state index contributed by atoms with van der Waals surface area (Å²) in [6, 6.07) is 5.60. The van der Waals surface area contributed by atoms with Crippen LogP contribution in [0.3, 0.4) is 0 Å². The Balaban J connectivity index is 1.52. The second-order valence-corrected chi connectivity index (χ2v) is 14.0. The summed E-state index contributed by atoms with van der Waals surface area (Å²) < 4.78 is 33.2. The van der Waals surface area contributed by atoms with Crippen molar-refractivity contribution in [2.45, 2.75) is 30.7 Å². The monoisotopic (exact) mass is 940 g/mol. The van der Waals surface area contributed by atoms with E-state index < -0.39 is 181 Å². The van der Waals surface area contributed by atoms with E-state index in [-0.39, 0.29) is 0 Å². The van der Waals surface area contributed by atoms with Gasteiger partial charge in [0.2, 0.25) is 12.4 Å². The van der Waals surface area contributed by atoms with E-state index in [1.165, 1.54) is 0 Å². The normalized spacial score (nSPS) is 17.7. The molecule has 67 heavy (non-hydrogen) atoms. The first-order valence-electron chi connectivity index (χ1n) is 18.4. The number of phenolic OH excluding ortho intramolecular Hbond substituents is 15. The van der Waals surface area contributed by atoms with Gasteiger partial charge in [0.05, 0.1) is 27.8 Å². The highest BCUT2D eigenvalue weighted by atomic mass is 16.7. The minimum absolute atomic E-state index is 0.534. The van der Waals surface area contributed by atoms with Crippen molar-refractivity contribution in [2.24, 2.45) is 0 Å². The van der Waals surface area contributed by atoms with Crippen LogP contribution in [0.15, 0.2) is 60.7 Å². The number of aromatic hydroxyl groups is 15. The Morgan fingerprint density at radius 3 is 0.881 bits per heavy atom. The Labute approximate surface area is 370 Å². The van der Waals surface area contributed by atoms with Gasteiger partial charge in [-0.25, -0.2) is 24.0 Å². The van der Waals surface area contributed by atoms with Crippen molar-refractivity contribution < 1.29 is 129 Å². The first-order valence-corrected chi connectivity index (χ1v) is 18.4. The molecule has 0 bridgehead atoms. The van der Waals surface area contributed by atoms with E-state index in [1.807, 2.05) is 0 Å². The van der Waals surface area contributed by atoms with Crippen LogP contribution in [0, 0.1) is 0 Å². The van der Waals surface area contributed by atoms with Crippen LogP contribution in [0.1, 0.15) is 51.8 Å².